The molecule has 7 heteroatoms. The molecule has 1 aromatic heterocycles. The minimum atomic E-state index is -0.909. The van der Waals surface area contributed by atoms with Gasteiger partial charge in [0.25, 0.3) is 0 Å². The van der Waals surface area contributed by atoms with Gasteiger partial charge in [-0.1, -0.05) is 12.1 Å². The summed E-state index contributed by atoms with van der Waals surface area (Å²) in [7, 11) is 0. The van der Waals surface area contributed by atoms with Crippen LogP contribution in [0.2, 0.25) is 0 Å². The molecule has 0 aliphatic carbocycles. The highest BCUT2D eigenvalue weighted by Gasteiger charge is 2.19. The van der Waals surface area contributed by atoms with Gasteiger partial charge in [0.1, 0.15) is 5.82 Å². The first kappa shape index (κ1) is 18.2. The van der Waals surface area contributed by atoms with Crippen molar-refractivity contribution in [3.63, 3.8) is 0 Å². The number of aryl methyl sites for hydroxylation is 1. The SMILES string of the molecule is Cc1cccc(N2CCN(c3ccnc(Nc4ccc(F)c(F)c4)n3)CC2)c1. The number of anilines is 4. The van der Waals surface area contributed by atoms with Crippen LogP contribution in [0.25, 0.3) is 0 Å². The molecule has 0 atom stereocenters. The lowest BCUT2D eigenvalue weighted by atomic mass is 10.2. The Labute approximate surface area is 162 Å². The second-order valence-corrected chi connectivity index (χ2v) is 6.81. The fraction of sp³-hybridized carbons (Fsp3) is 0.238. The Balaban J connectivity index is 1.43. The quantitative estimate of drug-likeness (QED) is 0.736. The van der Waals surface area contributed by atoms with Crippen LogP contribution in [0.4, 0.5) is 31.9 Å². The predicted octanol–water partition coefficient (Wildman–Crippen LogP) is 4.13. The van der Waals surface area contributed by atoms with Gasteiger partial charge in [0.05, 0.1) is 0 Å². The second kappa shape index (κ2) is 7.80. The molecular formula is C21H21F2N5. The molecule has 1 aliphatic heterocycles. The third-order valence-corrected chi connectivity index (χ3v) is 4.79. The van der Waals surface area contributed by atoms with E-state index < -0.39 is 11.6 Å². The van der Waals surface area contributed by atoms with Crippen LogP contribution >= 0.6 is 0 Å². The van der Waals surface area contributed by atoms with Gasteiger partial charge in [-0.05, 0) is 42.8 Å². The Hall–Kier alpha value is -3.22. The zero-order valence-corrected chi connectivity index (χ0v) is 15.6. The highest BCUT2D eigenvalue weighted by Crippen LogP contribution is 2.22. The smallest absolute Gasteiger partial charge is 0.229 e. The van der Waals surface area contributed by atoms with Gasteiger partial charge in [-0.2, -0.15) is 4.98 Å². The molecule has 3 aromatic rings. The summed E-state index contributed by atoms with van der Waals surface area (Å²) in [6.45, 7) is 5.59. The fourth-order valence-electron chi connectivity index (χ4n) is 3.31. The maximum Gasteiger partial charge on any atom is 0.229 e. The highest BCUT2D eigenvalue weighted by molar-refractivity contribution is 5.56. The summed E-state index contributed by atoms with van der Waals surface area (Å²) < 4.78 is 26.5. The standard InChI is InChI=1S/C21H21F2N5/c1-15-3-2-4-17(13-15)27-9-11-28(12-10-27)20-7-8-24-21(26-20)25-16-5-6-18(22)19(23)14-16/h2-8,13-14H,9-12H2,1H3,(H,24,25,26). The summed E-state index contributed by atoms with van der Waals surface area (Å²) in [5, 5.41) is 2.93. The van der Waals surface area contributed by atoms with Crippen molar-refractivity contribution in [1.29, 1.82) is 0 Å². The lowest BCUT2D eigenvalue weighted by Crippen LogP contribution is -2.46. The monoisotopic (exact) mass is 381 g/mol. The molecule has 5 nitrogen and oxygen atoms in total. The molecule has 4 rings (SSSR count). The number of hydrogen-bond donors (Lipinski definition) is 1. The molecule has 0 amide bonds. The highest BCUT2D eigenvalue weighted by atomic mass is 19.2. The molecule has 1 aliphatic rings. The summed E-state index contributed by atoms with van der Waals surface area (Å²) in [6, 6.07) is 14.0. The number of nitrogens with zero attached hydrogens (tertiary/aromatic N) is 4. The van der Waals surface area contributed by atoms with E-state index >= 15 is 0 Å². The van der Waals surface area contributed by atoms with Crippen LogP contribution in [0, 0.1) is 18.6 Å². The van der Waals surface area contributed by atoms with Crippen molar-refractivity contribution in [2.75, 3.05) is 41.3 Å². The largest absolute Gasteiger partial charge is 0.368 e. The third kappa shape index (κ3) is 4.03. The van der Waals surface area contributed by atoms with Crippen molar-refractivity contribution in [1.82, 2.24) is 9.97 Å². The van der Waals surface area contributed by atoms with Crippen LogP contribution < -0.4 is 15.1 Å². The number of aromatic nitrogens is 2. The Morgan fingerprint density at radius 3 is 2.43 bits per heavy atom. The van der Waals surface area contributed by atoms with E-state index in [0.29, 0.717) is 11.6 Å². The third-order valence-electron chi connectivity index (χ3n) is 4.79. The number of benzene rings is 2. The minimum Gasteiger partial charge on any atom is -0.368 e. The molecule has 1 saturated heterocycles. The Bertz CT molecular complexity index is 971. The predicted molar refractivity (Wildman–Crippen MR) is 107 cm³/mol. The van der Waals surface area contributed by atoms with Crippen molar-refractivity contribution in [2.45, 2.75) is 6.92 Å². The molecule has 28 heavy (non-hydrogen) atoms. The van der Waals surface area contributed by atoms with E-state index in [2.05, 4.69) is 56.3 Å². The van der Waals surface area contributed by atoms with Crippen LogP contribution in [0.1, 0.15) is 5.56 Å². The first-order valence-corrected chi connectivity index (χ1v) is 9.20. The second-order valence-electron chi connectivity index (χ2n) is 6.81. The van der Waals surface area contributed by atoms with Crippen molar-refractivity contribution >= 4 is 23.1 Å². The Morgan fingerprint density at radius 2 is 1.68 bits per heavy atom. The lowest BCUT2D eigenvalue weighted by Gasteiger charge is -2.36. The topological polar surface area (TPSA) is 44.3 Å². The van der Waals surface area contributed by atoms with Crippen LogP contribution in [-0.4, -0.2) is 36.1 Å². The molecule has 0 radical (unpaired) electrons. The van der Waals surface area contributed by atoms with Crippen molar-refractivity contribution in [3.05, 3.63) is 71.9 Å². The van der Waals surface area contributed by atoms with E-state index in [0.717, 1.165) is 44.1 Å². The van der Waals surface area contributed by atoms with Crippen LogP contribution in [0.5, 0.6) is 0 Å². The van der Waals surface area contributed by atoms with E-state index in [1.807, 2.05) is 6.07 Å². The van der Waals surface area contributed by atoms with Gasteiger partial charge in [0.15, 0.2) is 11.6 Å². The lowest BCUT2D eigenvalue weighted by molar-refractivity contribution is 0.509. The maximum absolute atomic E-state index is 13.4. The summed E-state index contributed by atoms with van der Waals surface area (Å²) in [5.41, 5.74) is 2.90. The van der Waals surface area contributed by atoms with E-state index in [1.165, 1.54) is 17.3 Å². The summed E-state index contributed by atoms with van der Waals surface area (Å²) in [6.07, 6.45) is 1.66. The summed E-state index contributed by atoms with van der Waals surface area (Å²) >= 11 is 0. The van der Waals surface area contributed by atoms with Crippen molar-refractivity contribution < 1.29 is 8.78 Å². The van der Waals surface area contributed by atoms with Gasteiger partial charge < -0.3 is 15.1 Å². The van der Waals surface area contributed by atoms with Gasteiger partial charge >= 0.3 is 0 Å². The average Bonchev–Trinajstić information content (AvgIpc) is 2.71. The zero-order chi connectivity index (χ0) is 19.5. The molecule has 1 fully saturated rings. The molecular weight excluding hydrogens is 360 g/mol. The normalized spacial score (nSPS) is 14.2. The minimum absolute atomic E-state index is 0.352. The van der Waals surface area contributed by atoms with E-state index in [1.54, 1.807) is 6.20 Å². The van der Waals surface area contributed by atoms with Crippen LogP contribution in [0.3, 0.4) is 0 Å². The van der Waals surface area contributed by atoms with Crippen molar-refractivity contribution in [2.24, 2.45) is 0 Å². The number of hydrogen-bond acceptors (Lipinski definition) is 5. The maximum atomic E-state index is 13.4. The molecule has 0 bridgehead atoms. The van der Waals surface area contributed by atoms with Gasteiger partial charge in [0, 0.05) is 49.8 Å². The Kier molecular flexibility index (Phi) is 5.06. The molecule has 0 unspecified atom stereocenters. The van der Waals surface area contributed by atoms with Crippen molar-refractivity contribution in [3.8, 4) is 0 Å². The molecule has 0 saturated carbocycles. The fourth-order valence-corrected chi connectivity index (χ4v) is 3.31. The average molecular weight is 381 g/mol. The van der Waals surface area contributed by atoms with E-state index in [9.17, 15) is 8.78 Å². The zero-order valence-electron chi connectivity index (χ0n) is 15.6. The van der Waals surface area contributed by atoms with Crippen LogP contribution in [0.15, 0.2) is 54.7 Å². The van der Waals surface area contributed by atoms with Gasteiger partial charge in [0.2, 0.25) is 5.95 Å². The molecule has 1 N–H and O–H groups in total. The summed E-state index contributed by atoms with van der Waals surface area (Å²) in [4.78, 5) is 13.3. The molecule has 2 heterocycles. The molecule has 0 spiro atoms. The van der Waals surface area contributed by atoms with Crippen LogP contribution in [-0.2, 0) is 0 Å². The van der Waals surface area contributed by atoms with Gasteiger partial charge in [-0.3, -0.25) is 0 Å². The number of nitrogens with one attached hydrogen (secondary N) is 1. The van der Waals surface area contributed by atoms with E-state index in [4.69, 9.17) is 0 Å². The number of halogens is 2. The number of rotatable bonds is 4. The number of piperazine rings is 1. The van der Waals surface area contributed by atoms with Gasteiger partial charge in [-0.15, -0.1) is 0 Å². The Morgan fingerprint density at radius 1 is 0.893 bits per heavy atom. The first-order chi connectivity index (χ1) is 13.6. The van der Waals surface area contributed by atoms with E-state index in [-0.39, 0.29) is 0 Å². The molecule has 144 valence electrons. The molecule has 2 aromatic carbocycles. The first-order valence-electron chi connectivity index (χ1n) is 9.20. The summed E-state index contributed by atoms with van der Waals surface area (Å²) in [5.74, 6) is -0.631. The van der Waals surface area contributed by atoms with Gasteiger partial charge in [-0.25, -0.2) is 13.8 Å².